The summed E-state index contributed by atoms with van der Waals surface area (Å²) in [5, 5.41) is 12.8. The first kappa shape index (κ1) is 15.6. The fraction of sp³-hybridized carbons (Fsp3) is 0.455. The van der Waals surface area contributed by atoms with Crippen molar-refractivity contribution < 1.29 is 23.1 Å². The van der Waals surface area contributed by atoms with E-state index in [0.29, 0.717) is 0 Å². The molecule has 8 heteroatoms. The van der Waals surface area contributed by atoms with Crippen molar-refractivity contribution >= 4 is 33.1 Å². The van der Waals surface area contributed by atoms with Gasteiger partial charge in [0.25, 0.3) is 5.91 Å². The largest absolute Gasteiger partial charge is 0.480 e. The Hall–Kier alpha value is -1.41. The second-order valence-corrected chi connectivity index (χ2v) is 7.53. The molecular weight excluding hydrogens is 290 g/mol. The Morgan fingerprint density at radius 2 is 2.05 bits per heavy atom. The van der Waals surface area contributed by atoms with Gasteiger partial charge in [-0.2, -0.15) is 0 Å². The third kappa shape index (κ3) is 3.54. The fourth-order valence-corrected chi connectivity index (χ4v) is 3.04. The van der Waals surface area contributed by atoms with Gasteiger partial charge in [-0.05, 0) is 19.4 Å². The standard InChI is InChI=1S/C11H15NO5S2/c1-4-11(2,10(14)15)12-9(13)7-5-8(18-6-7)19(3,16)17/h5-6H,4H2,1-3H3,(H,12,13)(H,14,15). The van der Waals surface area contributed by atoms with Crippen molar-refractivity contribution in [2.45, 2.75) is 30.0 Å². The molecule has 1 atom stereocenters. The number of thiophene rings is 1. The molecule has 19 heavy (non-hydrogen) atoms. The summed E-state index contributed by atoms with van der Waals surface area (Å²) in [6.07, 6.45) is 1.27. The van der Waals surface area contributed by atoms with E-state index in [1.807, 2.05) is 0 Å². The van der Waals surface area contributed by atoms with E-state index in [2.05, 4.69) is 5.32 Å². The maximum atomic E-state index is 11.9. The first-order valence-corrected chi connectivity index (χ1v) is 8.22. The van der Waals surface area contributed by atoms with Crippen molar-refractivity contribution in [2.75, 3.05) is 6.26 Å². The molecular formula is C11H15NO5S2. The topological polar surface area (TPSA) is 101 Å². The first-order chi connectivity index (χ1) is 8.60. The second kappa shape index (κ2) is 5.30. The number of carbonyl (C=O) groups is 2. The first-order valence-electron chi connectivity index (χ1n) is 5.44. The average Bonchev–Trinajstić information content (AvgIpc) is 2.77. The molecule has 0 saturated heterocycles. The Labute approximate surface area is 115 Å². The molecule has 1 rings (SSSR count). The predicted molar refractivity (Wildman–Crippen MR) is 71.2 cm³/mol. The van der Waals surface area contributed by atoms with Crippen molar-refractivity contribution in [1.29, 1.82) is 0 Å². The van der Waals surface area contributed by atoms with Crippen LogP contribution in [0.3, 0.4) is 0 Å². The lowest BCUT2D eigenvalue weighted by atomic mass is 9.99. The van der Waals surface area contributed by atoms with E-state index in [1.54, 1.807) is 6.92 Å². The van der Waals surface area contributed by atoms with E-state index in [4.69, 9.17) is 5.11 Å². The van der Waals surface area contributed by atoms with Gasteiger partial charge in [0, 0.05) is 11.6 Å². The number of carboxylic acids is 1. The normalized spacial score (nSPS) is 14.7. The van der Waals surface area contributed by atoms with Gasteiger partial charge in [0.15, 0.2) is 9.84 Å². The predicted octanol–water partition coefficient (Wildman–Crippen LogP) is 1.13. The van der Waals surface area contributed by atoms with Crippen molar-refractivity contribution in [3.05, 3.63) is 17.0 Å². The van der Waals surface area contributed by atoms with Crippen LogP contribution in [0.5, 0.6) is 0 Å². The number of hydrogen-bond acceptors (Lipinski definition) is 5. The van der Waals surface area contributed by atoms with Crippen molar-refractivity contribution in [2.24, 2.45) is 0 Å². The summed E-state index contributed by atoms with van der Waals surface area (Å²) in [7, 11) is -3.36. The van der Waals surface area contributed by atoms with Crippen LogP contribution < -0.4 is 5.32 Å². The molecule has 1 aromatic rings. The van der Waals surface area contributed by atoms with Gasteiger partial charge in [-0.1, -0.05) is 6.92 Å². The Kier molecular flexibility index (Phi) is 4.36. The SMILES string of the molecule is CCC(C)(NC(=O)c1csc(S(C)(=O)=O)c1)C(=O)O. The maximum absolute atomic E-state index is 11.9. The van der Waals surface area contributed by atoms with E-state index < -0.39 is 27.3 Å². The van der Waals surface area contributed by atoms with Gasteiger partial charge < -0.3 is 10.4 Å². The summed E-state index contributed by atoms with van der Waals surface area (Å²) in [5.74, 6) is -1.74. The Bertz CT molecular complexity index is 604. The number of hydrogen-bond donors (Lipinski definition) is 2. The van der Waals surface area contributed by atoms with Crippen LogP contribution in [0.4, 0.5) is 0 Å². The van der Waals surface area contributed by atoms with Gasteiger partial charge in [-0.3, -0.25) is 4.79 Å². The minimum atomic E-state index is -3.36. The van der Waals surface area contributed by atoms with Crippen molar-refractivity contribution in [3.8, 4) is 0 Å². The number of sulfone groups is 1. The number of carbonyl (C=O) groups excluding carboxylic acids is 1. The van der Waals surface area contributed by atoms with Crippen LogP contribution in [0.2, 0.25) is 0 Å². The quantitative estimate of drug-likeness (QED) is 0.849. The van der Waals surface area contributed by atoms with E-state index in [0.717, 1.165) is 17.6 Å². The molecule has 0 aromatic carbocycles. The molecule has 0 radical (unpaired) electrons. The molecule has 0 aliphatic rings. The lowest BCUT2D eigenvalue weighted by molar-refractivity contribution is -0.143. The van der Waals surface area contributed by atoms with Crippen molar-refractivity contribution in [3.63, 3.8) is 0 Å². The zero-order chi connectivity index (χ0) is 14.8. The third-order valence-electron chi connectivity index (χ3n) is 2.77. The lowest BCUT2D eigenvalue weighted by Crippen LogP contribution is -2.51. The smallest absolute Gasteiger partial charge is 0.329 e. The highest BCUT2D eigenvalue weighted by molar-refractivity contribution is 7.92. The number of aliphatic carboxylic acids is 1. The Balaban J connectivity index is 2.97. The van der Waals surface area contributed by atoms with Crippen LogP contribution in [0.1, 0.15) is 30.6 Å². The molecule has 0 aliphatic heterocycles. The molecule has 2 N–H and O–H groups in total. The summed E-state index contributed by atoms with van der Waals surface area (Å²) in [4.78, 5) is 23.0. The number of carboxylic acid groups (broad SMARTS) is 1. The molecule has 0 fully saturated rings. The summed E-state index contributed by atoms with van der Waals surface area (Å²) in [6.45, 7) is 3.04. The molecule has 0 bridgehead atoms. The van der Waals surface area contributed by atoms with Crippen LogP contribution in [0, 0.1) is 0 Å². The molecule has 1 unspecified atom stereocenters. The molecule has 6 nitrogen and oxygen atoms in total. The zero-order valence-corrected chi connectivity index (χ0v) is 12.4. The van der Waals surface area contributed by atoms with Gasteiger partial charge in [0.1, 0.15) is 9.75 Å². The van der Waals surface area contributed by atoms with Crippen LogP contribution in [0.25, 0.3) is 0 Å². The van der Waals surface area contributed by atoms with Crippen LogP contribution in [-0.2, 0) is 14.6 Å². The van der Waals surface area contributed by atoms with Gasteiger partial charge in [-0.15, -0.1) is 11.3 Å². The van der Waals surface area contributed by atoms with E-state index >= 15 is 0 Å². The zero-order valence-electron chi connectivity index (χ0n) is 10.8. The second-order valence-electron chi connectivity index (χ2n) is 4.37. The highest BCUT2D eigenvalue weighted by atomic mass is 32.2. The summed E-state index contributed by atoms with van der Waals surface area (Å²) < 4.78 is 22.7. The number of amides is 1. The molecule has 0 saturated carbocycles. The Morgan fingerprint density at radius 1 is 1.47 bits per heavy atom. The van der Waals surface area contributed by atoms with Crippen LogP contribution >= 0.6 is 11.3 Å². The van der Waals surface area contributed by atoms with E-state index in [-0.39, 0.29) is 16.2 Å². The van der Waals surface area contributed by atoms with Crippen molar-refractivity contribution in [1.82, 2.24) is 5.32 Å². The highest BCUT2D eigenvalue weighted by Gasteiger charge is 2.33. The average molecular weight is 305 g/mol. The minimum absolute atomic E-state index is 0.0752. The van der Waals surface area contributed by atoms with Gasteiger partial charge in [0.05, 0.1) is 5.56 Å². The molecule has 1 amide bonds. The van der Waals surface area contributed by atoms with Gasteiger partial charge in [-0.25, -0.2) is 13.2 Å². The maximum Gasteiger partial charge on any atom is 0.329 e. The third-order valence-corrected chi connectivity index (χ3v) is 5.54. The molecule has 1 aromatic heterocycles. The molecule has 0 spiro atoms. The fourth-order valence-electron chi connectivity index (χ4n) is 1.25. The van der Waals surface area contributed by atoms with Crippen LogP contribution in [0.15, 0.2) is 15.7 Å². The van der Waals surface area contributed by atoms with E-state index in [1.165, 1.54) is 18.4 Å². The molecule has 106 valence electrons. The van der Waals surface area contributed by atoms with Crippen LogP contribution in [-0.4, -0.2) is 37.2 Å². The van der Waals surface area contributed by atoms with E-state index in [9.17, 15) is 18.0 Å². The minimum Gasteiger partial charge on any atom is -0.480 e. The Morgan fingerprint density at radius 3 is 2.42 bits per heavy atom. The monoisotopic (exact) mass is 305 g/mol. The highest BCUT2D eigenvalue weighted by Crippen LogP contribution is 2.21. The summed E-state index contributed by atoms with van der Waals surface area (Å²) in [5.41, 5.74) is -1.23. The number of nitrogens with one attached hydrogen (secondary N) is 1. The molecule has 0 aliphatic carbocycles. The summed E-state index contributed by atoms with van der Waals surface area (Å²) in [6, 6.07) is 1.24. The molecule has 1 heterocycles. The lowest BCUT2D eigenvalue weighted by Gasteiger charge is -2.24. The summed E-state index contributed by atoms with van der Waals surface area (Å²) >= 11 is 0.931. The van der Waals surface area contributed by atoms with Gasteiger partial charge in [0.2, 0.25) is 0 Å². The van der Waals surface area contributed by atoms with Gasteiger partial charge >= 0.3 is 5.97 Å². The number of rotatable bonds is 5.